The summed E-state index contributed by atoms with van der Waals surface area (Å²) in [4.78, 5) is 10.2. The van der Waals surface area contributed by atoms with Crippen LogP contribution in [0.25, 0.3) is 0 Å². The van der Waals surface area contributed by atoms with Crippen molar-refractivity contribution in [2.75, 3.05) is 0 Å². The molecule has 1 aromatic heterocycles. The van der Waals surface area contributed by atoms with Gasteiger partial charge in [0.2, 0.25) is 0 Å². The van der Waals surface area contributed by atoms with Crippen molar-refractivity contribution >= 4 is 23.2 Å². The standard InChI is InChI=1S/C3Cl2N3.4CO.Co/c4-2-6-1-7-3(5)8-2;4*1-2;/q-1;;;;;. The van der Waals surface area contributed by atoms with E-state index in [2.05, 4.69) is 47.9 Å². The molecular weight excluding hydrogens is 320 g/mol. The minimum Gasteiger partial charge on any atom is 0 e. The molecule has 0 unspecified atom stereocenters. The van der Waals surface area contributed by atoms with Crippen LogP contribution in [-0.4, -0.2) is 15.0 Å². The fraction of sp³-hybridized carbons (Fsp3) is 0. The van der Waals surface area contributed by atoms with E-state index in [-0.39, 0.29) is 27.3 Å². The number of nitrogens with zero attached hydrogens (tertiary/aromatic N) is 3. The maximum absolute atomic E-state index is 7.50. The Hall–Kier alpha value is -0.944. The summed E-state index contributed by atoms with van der Waals surface area (Å²) in [5.74, 6) is 0. The minimum atomic E-state index is 0. The molecule has 1 aromatic rings. The second-order valence-electron chi connectivity index (χ2n) is 0.973. The summed E-state index contributed by atoms with van der Waals surface area (Å²) in [5.41, 5.74) is 0. The molecule has 17 heavy (non-hydrogen) atoms. The molecule has 0 atom stereocenters. The van der Waals surface area contributed by atoms with Gasteiger partial charge in [-0.2, -0.15) is 0 Å². The summed E-state index contributed by atoms with van der Waals surface area (Å²) in [7, 11) is 0. The summed E-state index contributed by atoms with van der Waals surface area (Å²) in [5, 5.41) is 0.120. The van der Waals surface area contributed by atoms with Gasteiger partial charge in [-0.1, -0.05) is 0 Å². The van der Waals surface area contributed by atoms with Gasteiger partial charge < -0.3 is 15.0 Å². The van der Waals surface area contributed by atoms with Crippen molar-refractivity contribution in [3.8, 4) is 0 Å². The molecule has 1 heterocycles. The molecule has 0 aromatic carbocycles. The molecule has 0 spiro atoms. The fourth-order valence-corrected chi connectivity index (χ4v) is 0.513. The van der Waals surface area contributed by atoms with E-state index >= 15 is 0 Å². The molecule has 7 nitrogen and oxygen atoms in total. The Kier molecular flexibility index (Phi) is 63.5. The Morgan fingerprint density at radius 2 is 1.00 bits per heavy atom. The molecule has 1 rings (SSSR count). The third kappa shape index (κ3) is 31.3. The van der Waals surface area contributed by atoms with Crippen LogP contribution < -0.4 is 0 Å². The van der Waals surface area contributed by atoms with Gasteiger partial charge in [-0.05, 0) is 0 Å². The van der Waals surface area contributed by atoms with Crippen molar-refractivity contribution in [1.82, 2.24) is 15.0 Å². The Balaban J connectivity index is -0.0000000462. The zero-order chi connectivity index (χ0) is 14.0. The molecule has 10 heteroatoms. The van der Waals surface area contributed by atoms with Gasteiger partial charge in [0.15, 0.2) is 0 Å². The third-order valence-corrected chi connectivity index (χ3v) is 0.807. The van der Waals surface area contributed by atoms with Crippen LogP contribution in [0.1, 0.15) is 0 Å². The molecule has 0 bridgehead atoms. The second-order valence-corrected chi connectivity index (χ2v) is 1.65. The molecule has 0 amide bonds. The molecule has 0 N–H and O–H groups in total. The summed E-state index contributed by atoms with van der Waals surface area (Å²) in [6.07, 6.45) is 2.20. The van der Waals surface area contributed by atoms with Crippen molar-refractivity contribution in [1.29, 1.82) is 0 Å². The quantitative estimate of drug-likeness (QED) is 0.520. The average molecular weight is 320 g/mol. The number of hydrogen-bond donors (Lipinski definition) is 0. The topological polar surface area (TPSA) is 118 Å². The fourth-order valence-electron chi connectivity index (χ4n) is 0.234. The molecule has 0 saturated carbocycles. The Morgan fingerprint density at radius 3 is 1.12 bits per heavy atom. The minimum absolute atomic E-state index is 0. The van der Waals surface area contributed by atoms with Crippen molar-refractivity contribution in [3.63, 3.8) is 0 Å². The van der Waals surface area contributed by atoms with Crippen molar-refractivity contribution < 1.29 is 35.4 Å². The van der Waals surface area contributed by atoms with Gasteiger partial charge in [0.05, 0.1) is 0 Å². The van der Waals surface area contributed by atoms with E-state index in [1.807, 2.05) is 0 Å². The molecule has 0 aliphatic heterocycles. The van der Waals surface area contributed by atoms with Crippen LogP contribution in [0.2, 0.25) is 10.6 Å². The number of halogens is 2. The Bertz CT molecular complexity index is 301. The third-order valence-electron chi connectivity index (χ3n) is 0.469. The van der Waals surface area contributed by atoms with E-state index in [9.17, 15) is 0 Å². The summed E-state index contributed by atoms with van der Waals surface area (Å²) in [6, 6.07) is 0. The van der Waals surface area contributed by atoms with Gasteiger partial charge in [-0.25, -0.2) is 0 Å². The molecule has 0 fully saturated rings. The van der Waals surface area contributed by atoms with E-state index in [0.29, 0.717) is 0 Å². The molecule has 0 saturated heterocycles. The van der Waals surface area contributed by atoms with E-state index in [1.165, 1.54) is 0 Å². The van der Waals surface area contributed by atoms with Crippen LogP contribution in [0, 0.1) is 32.9 Å². The maximum Gasteiger partial charge on any atom is 0 e. The predicted molar refractivity (Wildman–Crippen MR) is 44.4 cm³/mol. The first-order valence-corrected chi connectivity index (χ1v) is 3.29. The van der Waals surface area contributed by atoms with Gasteiger partial charge in [-0.3, -0.25) is 0 Å². The van der Waals surface area contributed by atoms with Crippen LogP contribution in [-0.2, 0) is 35.4 Å². The van der Waals surface area contributed by atoms with Crippen molar-refractivity contribution in [2.45, 2.75) is 0 Å². The van der Waals surface area contributed by atoms with Crippen LogP contribution in [0.3, 0.4) is 0 Å². The van der Waals surface area contributed by atoms with Crippen LogP contribution in [0.5, 0.6) is 0 Å². The first kappa shape index (κ1) is 29.8. The van der Waals surface area contributed by atoms with Gasteiger partial charge in [0.1, 0.15) is 10.6 Å². The van der Waals surface area contributed by atoms with Gasteiger partial charge >= 0.3 is 45.2 Å². The van der Waals surface area contributed by atoms with Crippen LogP contribution in [0.15, 0.2) is 0 Å². The van der Waals surface area contributed by atoms with E-state index in [4.69, 9.17) is 41.8 Å². The number of aromatic nitrogens is 3. The van der Waals surface area contributed by atoms with Gasteiger partial charge in [-0.15, -0.1) is 23.2 Å². The molecular formula is C7Cl2CoN3O4-. The Morgan fingerprint density at radius 1 is 0.765 bits per heavy atom. The maximum atomic E-state index is 7.50. The molecule has 1 radical (unpaired) electrons. The smallest absolute Gasteiger partial charge is 0 e. The van der Waals surface area contributed by atoms with E-state index in [1.54, 1.807) is 0 Å². The summed E-state index contributed by atoms with van der Waals surface area (Å²) < 4.78 is 30.0. The van der Waals surface area contributed by atoms with Crippen molar-refractivity contribution in [2.24, 2.45) is 0 Å². The van der Waals surface area contributed by atoms with Gasteiger partial charge in [0, 0.05) is 23.1 Å². The molecule has 91 valence electrons. The summed E-state index contributed by atoms with van der Waals surface area (Å²) >= 11 is 10.5. The van der Waals surface area contributed by atoms with Crippen LogP contribution >= 0.6 is 23.2 Å². The number of hydrogen-bond acceptors (Lipinski definition) is 3. The first-order chi connectivity index (χ1) is 7.79. The van der Waals surface area contributed by atoms with Crippen LogP contribution in [0.4, 0.5) is 0 Å². The second kappa shape index (κ2) is 36.3. The van der Waals surface area contributed by atoms with E-state index in [0.717, 1.165) is 0 Å². The zero-order valence-corrected chi connectivity index (χ0v) is 10.1. The molecule has 0 aliphatic carbocycles. The summed E-state index contributed by atoms with van der Waals surface area (Å²) in [6.45, 7) is 18.0. The Labute approximate surface area is 117 Å². The average Bonchev–Trinajstić information content (AvgIpc) is 2.39. The van der Waals surface area contributed by atoms with E-state index < -0.39 is 0 Å². The monoisotopic (exact) mass is 319 g/mol. The predicted octanol–water partition coefficient (Wildman–Crippen LogP) is 0.826. The normalized spacial score (nSPS) is 4.82. The van der Waals surface area contributed by atoms with Crippen molar-refractivity contribution in [3.05, 3.63) is 43.5 Å². The SMILES string of the molecule is Clc1n[c-]nc(Cl)n1.[C-]#[O+].[C-]#[O+].[C-]#[O+].[C-]#[O+].[Co]. The largest absolute Gasteiger partial charge is 0 e. The molecule has 0 aliphatic rings. The van der Waals surface area contributed by atoms with Gasteiger partial charge in [0.25, 0.3) is 0 Å². The number of rotatable bonds is 0. The zero-order valence-electron chi connectivity index (χ0n) is 7.56. The first-order valence-electron chi connectivity index (χ1n) is 2.54.